The molecule has 4 rings (SSSR count). The van der Waals surface area contributed by atoms with Crippen molar-refractivity contribution in [1.29, 1.82) is 0 Å². The second-order valence-corrected chi connectivity index (χ2v) is 7.38. The van der Waals surface area contributed by atoms with Gasteiger partial charge in [-0.25, -0.2) is 0 Å². The van der Waals surface area contributed by atoms with Gasteiger partial charge in [0.2, 0.25) is 0 Å². The highest BCUT2D eigenvalue weighted by molar-refractivity contribution is 5.99. The van der Waals surface area contributed by atoms with E-state index in [1.165, 1.54) is 5.56 Å². The number of amides is 1. The number of pyridine rings is 3. The van der Waals surface area contributed by atoms with Crippen LogP contribution in [0.4, 0.5) is 0 Å². The molecule has 0 saturated carbocycles. The van der Waals surface area contributed by atoms with Gasteiger partial charge in [0, 0.05) is 55.1 Å². The predicted molar refractivity (Wildman–Crippen MR) is 112 cm³/mol. The van der Waals surface area contributed by atoms with Crippen LogP contribution in [-0.2, 0) is 6.42 Å². The van der Waals surface area contributed by atoms with Gasteiger partial charge in [-0.2, -0.15) is 0 Å². The smallest absolute Gasteiger partial charge is 0.256 e. The van der Waals surface area contributed by atoms with Crippen LogP contribution in [0.2, 0.25) is 0 Å². The van der Waals surface area contributed by atoms with Gasteiger partial charge >= 0.3 is 0 Å². The zero-order valence-electron chi connectivity index (χ0n) is 16.2. The van der Waals surface area contributed by atoms with Crippen LogP contribution >= 0.6 is 0 Å². The molecule has 1 aliphatic rings. The van der Waals surface area contributed by atoms with Crippen molar-refractivity contribution in [3.8, 4) is 23.6 Å². The van der Waals surface area contributed by atoms with E-state index in [1.807, 2.05) is 35.2 Å². The average molecular weight is 382 g/mol. The molecular weight excluding hydrogens is 360 g/mol. The fourth-order valence-corrected chi connectivity index (χ4v) is 3.89. The van der Waals surface area contributed by atoms with Gasteiger partial charge in [0.15, 0.2) is 0 Å². The van der Waals surface area contributed by atoms with E-state index in [9.17, 15) is 4.79 Å². The normalized spacial score (nSPS) is 15.5. The monoisotopic (exact) mass is 382 g/mol. The molecule has 1 amide bonds. The van der Waals surface area contributed by atoms with Crippen molar-refractivity contribution in [2.75, 3.05) is 13.1 Å². The van der Waals surface area contributed by atoms with Gasteiger partial charge in [-0.1, -0.05) is 5.92 Å². The Morgan fingerprint density at radius 2 is 1.66 bits per heavy atom. The number of aromatic nitrogens is 3. The molecule has 0 atom stereocenters. The summed E-state index contributed by atoms with van der Waals surface area (Å²) >= 11 is 0. The van der Waals surface area contributed by atoms with E-state index in [0.29, 0.717) is 24.3 Å². The van der Waals surface area contributed by atoms with E-state index in [4.69, 9.17) is 6.42 Å². The third-order valence-electron chi connectivity index (χ3n) is 5.60. The van der Waals surface area contributed by atoms with E-state index in [0.717, 1.165) is 24.8 Å². The Morgan fingerprint density at radius 1 is 1.00 bits per heavy atom. The van der Waals surface area contributed by atoms with E-state index >= 15 is 0 Å². The fourth-order valence-electron chi connectivity index (χ4n) is 3.89. The molecule has 1 saturated heterocycles. The summed E-state index contributed by atoms with van der Waals surface area (Å²) in [5.74, 6) is 3.02. The van der Waals surface area contributed by atoms with Gasteiger partial charge in [-0.3, -0.25) is 19.7 Å². The highest BCUT2D eigenvalue weighted by Crippen LogP contribution is 2.35. The Hall–Kier alpha value is -3.52. The molecule has 144 valence electrons. The predicted octanol–water partition coefficient (Wildman–Crippen LogP) is 3.64. The van der Waals surface area contributed by atoms with Gasteiger partial charge in [0.05, 0.1) is 11.3 Å². The number of hydrogen-bond acceptors (Lipinski definition) is 4. The largest absolute Gasteiger partial charge is 0.338 e. The minimum Gasteiger partial charge on any atom is -0.338 e. The standard InChI is InChI=1S/C24H22N4O/c1-2-24(18-19-5-12-25-13-6-19)9-16-28(17-10-24)23(29)21-4-3-11-27-22(21)20-7-14-26-15-8-20/h1,3-8,11-15H,9-10,16-18H2. The summed E-state index contributed by atoms with van der Waals surface area (Å²) in [6.45, 7) is 1.28. The molecule has 1 aliphatic heterocycles. The number of piperidine rings is 1. The molecule has 0 N–H and O–H groups in total. The van der Waals surface area contributed by atoms with E-state index in [2.05, 4.69) is 20.9 Å². The first-order valence-electron chi connectivity index (χ1n) is 9.72. The Balaban J connectivity index is 1.51. The molecule has 4 heterocycles. The van der Waals surface area contributed by atoms with Crippen molar-refractivity contribution in [3.63, 3.8) is 0 Å². The number of likely N-dealkylation sites (tertiary alicyclic amines) is 1. The summed E-state index contributed by atoms with van der Waals surface area (Å²) in [4.78, 5) is 27.7. The zero-order valence-corrected chi connectivity index (χ0v) is 16.2. The van der Waals surface area contributed by atoms with Crippen LogP contribution in [0, 0.1) is 17.8 Å². The second kappa shape index (κ2) is 8.24. The van der Waals surface area contributed by atoms with Gasteiger partial charge < -0.3 is 4.90 Å². The molecule has 5 nitrogen and oxygen atoms in total. The highest BCUT2D eigenvalue weighted by atomic mass is 16.2. The molecule has 0 spiro atoms. The molecule has 0 aliphatic carbocycles. The van der Waals surface area contributed by atoms with Crippen LogP contribution in [-0.4, -0.2) is 38.8 Å². The Labute approximate surface area is 170 Å². The maximum atomic E-state index is 13.3. The maximum Gasteiger partial charge on any atom is 0.256 e. The lowest BCUT2D eigenvalue weighted by Gasteiger charge is -2.39. The first-order chi connectivity index (χ1) is 14.2. The first kappa shape index (κ1) is 18.8. The van der Waals surface area contributed by atoms with Gasteiger partial charge in [-0.15, -0.1) is 6.42 Å². The summed E-state index contributed by atoms with van der Waals surface area (Å²) in [6.07, 6.45) is 17.0. The van der Waals surface area contributed by atoms with Crippen molar-refractivity contribution in [2.45, 2.75) is 19.3 Å². The van der Waals surface area contributed by atoms with Crippen molar-refractivity contribution >= 4 is 5.91 Å². The number of terminal acetylenes is 1. The molecule has 0 unspecified atom stereocenters. The summed E-state index contributed by atoms with van der Waals surface area (Å²) in [5, 5.41) is 0. The van der Waals surface area contributed by atoms with Gasteiger partial charge in [0.25, 0.3) is 5.91 Å². The van der Waals surface area contributed by atoms with Crippen LogP contribution in [0.3, 0.4) is 0 Å². The Kier molecular flexibility index (Phi) is 5.35. The van der Waals surface area contributed by atoms with Gasteiger partial charge in [-0.05, 0) is 61.2 Å². The zero-order chi connectivity index (χ0) is 20.1. The fraction of sp³-hybridized carbons (Fsp3) is 0.250. The SMILES string of the molecule is C#CC1(Cc2ccncc2)CCN(C(=O)c2cccnc2-c2ccncc2)CC1. The minimum absolute atomic E-state index is 0.000514. The van der Waals surface area contributed by atoms with Crippen LogP contribution in [0.5, 0.6) is 0 Å². The van der Waals surface area contributed by atoms with Crippen molar-refractivity contribution in [1.82, 2.24) is 19.9 Å². The number of carbonyl (C=O) groups is 1. The van der Waals surface area contributed by atoms with E-state index in [-0.39, 0.29) is 11.3 Å². The number of carbonyl (C=O) groups excluding carboxylic acids is 1. The maximum absolute atomic E-state index is 13.3. The van der Waals surface area contributed by atoms with Crippen LogP contribution in [0.15, 0.2) is 67.4 Å². The topological polar surface area (TPSA) is 59.0 Å². The molecule has 0 aromatic carbocycles. The van der Waals surface area contributed by atoms with Gasteiger partial charge in [0.1, 0.15) is 0 Å². The van der Waals surface area contributed by atoms with Crippen molar-refractivity contribution < 1.29 is 4.79 Å². The van der Waals surface area contributed by atoms with E-state index < -0.39 is 0 Å². The Bertz CT molecular complexity index is 1020. The lowest BCUT2D eigenvalue weighted by Crippen LogP contribution is -2.43. The van der Waals surface area contributed by atoms with Crippen LogP contribution < -0.4 is 0 Å². The Morgan fingerprint density at radius 3 is 2.31 bits per heavy atom. The molecule has 29 heavy (non-hydrogen) atoms. The molecule has 0 radical (unpaired) electrons. The third kappa shape index (κ3) is 4.02. The summed E-state index contributed by atoms with van der Waals surface area (Å²) in [5.41, 5.74) is 3.15. The molecule has 3 aromatic rings. The molecule has 1 fully saturated rings. The lowest BCUT2D eigenvalue weighted by atomic mass is 9.74. The van der Waals surface area contributed by atoms with E-state index in [1.54, 1.807) is 37.1 Å². The summed E-state index contributed by atoms with van der Waals surface area (Å²) < 4.78 is 0. The quantitative estimate of drug-likeness (QED) is 0.647. The number of rotatable bonds is 4. The molecule has 0 bridgehead atoms. The van der Waals surface area contributed by atoms with Crippen molar-refractivity contribution in [2.24, 2.45) is 5.41 Å². The lowest BCUT2D eigenvalue weighted by molar-refractivity contribution is 0.0649. The number of nitrogens with zero attached hydrogens (tertiary/aromatic N) is 4. The molecule has 3 aromatic heterocycles. The average Bonchev–Trinajstić information content (AvgIpc) is 2.80. The third-order valence-corrected chi connectivity index (χ3v) is 5.60. The second-order valence-electron chi connectivity index (χ2n) is 7.38. The number of hydrogen-bond donors (Lipinski definition) is 0. The highest BCUT2D eigenvalue weighted by Gasteiger charge is 2.35. The minimum atomic E-state index is -0.221. The molecule has 5 heteroatoms. The van der Waals surface area contributed by atoms with Crippen LogP contribution in [0.25, 0.3) is 11.3 Å². The first-order valence-corrected chi connectivity index (χ1v) is 9.72. The van der Waals surface area contributed by atoms with Crippen molar-refractivity contribution in [3.05, 3.63) is 78.5 Å². The van der Waals surface area contributed by atoms with Crippen LogP contribution in [0.1, 0.15) is 28.8 Å². The molecular formula is C24H22N4O. The summed E-state index contributed by atoms with van der Waals surface area (Å²) in [7, 11) is 0. The summed E-state index contributed by atoms with van der Waals surface area (Å²) in [6, 6.07) is 11.4.